The Balaban J connectivity index is 1.63. The number of hydrogen-bond acceptors (Lipinski definition) is 3. The first kappa shape index (κ1) is 18.7. The van der Waals surface area contributed by atoms with Gasteiger partial charge in [0.05, 0.1) is 12.6 Å². The van der Waals surface area contributed by atoms with Crippen molar-refractivity contribution in [3.05, 3.63) is 102 Å². The van der Waals surface area contributed by atoms with Gasteiger partial charge in [-0.25, -0.2) is 4.68 Å². The highest BCUT2D eigenvalue weighted by atomic mass is 16.2. The van der Waals surface area contributed by atoms with E-state index in [4.69, 9.17) is 0 Å². The van der Waals surface area contributed by atoms with Crippen LogP contribution in [-0.4, -0.2) is 25.5 Å². The molecule has 2 heterocycles. The number of carbonyl (C=O) groups excluding carboxylic acids is 1. The van der Waals surface area contributed by atoms with Crippen molar-refractivity contribution in [1.29, 1.82) is 0 Å². The first-order valence-electron chi connectivity index (χ1n) is 9.60. The van der Waals surface area contributed by atoms with Gasteiger partial charge in [-0.1, -0.05) is 65.4 Å². The molecular weight excluding hydrogens is 362 g/mol. The average Bonchev–Trinajstić information content (AvgIpc) is 3.40. The molecule has 1 amide bonds. The number of nitrogens with zero attached hydrogens (tertiary/aromatic N) is 4. The predicted molar refractivity (Wildman–Crippen MR) is 112 cm³/mol. The van der Waals surface area contributed by atoms with Crippen molar-refractivity contribution in [2.75, 3.05) is 0 Å². The van der Waals surface area contributed by atoms with Gasteiger partial charge in [-0.05, 0) is 37.1 Å². The number of aryl methyl sites for hydroxylation is 1. The van der Waals surface area contributed by atoms with Crippen molar-refractivity contribution in [3.63, 3.8) is 0 Å². The Labute approximate surface area is 169 Å². The van der Waals surface area contributed by atoms with Gasteiger partial charge in [0.2, 0.25) is 0 Å². The molecule has 0 spiro atoms. The first-order valence-corrected chi connectivity index (χ1v) is 9.60. The van der Waals surface area contributed by atoms with Gasteiger partial charge in [-0.15, -0.1) is 5.10 Å². The summed E-state index contributed by atoms with van der Waals surface area (Å²) in [7, 11) is 0. The Kier molecular flexibility index (Phi) is 5.24. The molecule has 29 heavy (non-hydrogen) atoms. The predicted octanol–water partition coefficient (Wildman–Crippen LogP) is 3.92. The summed E-state index contributed by atoms with van der Waals surface area (Å²) in [6.07, 6.45) is 3.78. The normalized spacial score (nSPS) is 11.9. The van der Waals surface area contributed by atoms with Crippen LogP contribution in [0.5, 0.6) is 0 Å². The number of hydrogen-bond donors (Lipinski definition) is 1. The van der Waals surface area contributed by atoms with Gasteiger partial charge >= 0.3 is 0 Å². The molecule has 1 N–H and O–H groups in total. The maximum Gasteiger partial charge on any atom is 0.276 e. The van der Waals surface area contributed by atoms with Gasteiger partial charge in [-0.2, -0.15) is 0 Å². The number of carbonyl (C=O) groups is 1. The van der Waals surface area contributed by atoms with E-state index in [1.165, 1.54) is 5.56 Å². The lowest BCUT2D eigenvalue weighted by atomic mass is 10.1. The molecule has 0 fully saturated rings. The maximum atomic E-state index is 13.0. The van der Waals surface area contributed by atoms with Crippen LogP contribution in [0, 0.1) is 6.92 Å². The van der Waals surface area contributed by atoms with E-state index in [1.54, 1.807) is 4.68 Å². The lowest BCUT2D eigenvalue weighted by Gasteiger charge is -2.14. The molecule has 1 atom stereocenters. The van der Waals surface area contributed by atoms with Crippen LogP contribution in [-0.2, 0) is 6.54 Å². The molecule has 0 saturated carbocycles. The van der Waals surface area contributed by atoms with Crippen molar-refractivity contribution in [2.45, 2.75) is 26.4 Å². The largest absolute Gasteiger partial charge is 0.344 e. The summed E-state index contributed by atoms with van der Waals surface area (Å²) >= 11 is 0. The Morgan fingerprint density at radius 2 is 1.69 bits per heavy atom. The number of aromatic nitrogens is 4. The number of nitrogens with one attached hydrogen (secondary N) is 1. The minimum absolute atomic E-state index is 0.136. The van der Waals surface area contributed by atoms with Crippen molar-refractivity contribution in [3.8, 4) is 5.82 Å². The highest BCUT2D eigenvalue weighted by Gasteiger charge is 2.22. The molecule has 2 aromatic carbocycles. The third-order valence-corrected chi connectivity index (χ3v) is 4.87. The van der Waals surface area contributed by atoms with Gasteiger partial charge in [0.25, 0.3) is 5.91 Å². The fraction of sp³-hybridized carbons (Fsp3) is 0.174. The van der Waals surface area contributed by atoms with E-state index in [1.807, 2.05) is 66.3 Å². The molecule has 0 saturated heterocycles. The van der Waals surface area contributed by atoms with Crippen LogP contribution in [0.2, 0.25) is 0 Å². The van der Waals surface area contributed by atoms with E-state index < -0.39 is 0 Å². The minimum atomic E-state index is -0.250. The number of benzene rings is 2. The van der Waals surface area contributed by atoms with Crippen molar-refractivity contribution in [2.24, 2.45) is 0 Å². The molecule has 0 aliphatic carbocycles. The smallest absolute Gasteiger partial charge is 0.276 e. The monoisotopic (exact) mass is 385 g/mol. The second-order valence-corrected chi connectivity index (χ2v) is 7.10. The molecule has 2 aromatic heterocycles. The minimum Gasteiger partial charge on any atom is -0.344 e. The third kappa shape index (κ3) is 4.11. The summed E-state index contributed by atoms with van der Waals surface area (Å²) in [6, 6.07) is 21.8. The molecule has 0 aliphatic rings. The second kappa shape index (κ2) is 8.14. The summed E-state index contributed by atoms with van der Waals surface area (Å²) in [4.78, 5) is 13.0. The van der Waals surface area contributed by atoms with E-state index in [0.717, 1.165) is 11.1 Å². The van der Waals surface area contributed by atoms with E-state index in [9.17, 15) is 4.79 Å². The Bertz CT molecular complexity index is 1080. The Hall–Kier alpha value is -3.67. The Morgan fingerprint density at radius 3 is 2.38 bits per heavy atom. The van der Waals surface area contributed by atoms with Gasteiger partial charge in [0, 0.05) is 12.4 Å². The standard InChI is InChI=1S/C23H23N5O/c1-17-10-12-19(13-11-17)16-28-23(27-14-6-7-15-27)21(25-26-28)22(29)24-18(2)20-8-4-3-5-9-20/h3-15,18H,16H2,1-2H3,(H,24,29). The molecule has 0 aliphatic heterocycles. The fourth-order valence-corrected chi connectivity index (χ4v) is 3.25. The van der Waals surface area contributed by atoms with Gasteiger partial charge in [0.15, 0.2) is 11.5 Å². The fourth-order valence-electron chi connectivity index (χ4n) is 3.25. The van der Waals surface area contributed by atoms with Gasteiger partial charge < -0.3 is 9.88 Å². The maximum absolute atomic E-state index is 13.0. The quantitative estimate of drug-likeness (QED) is 0.547. The zero-order valence-electron chi connectivity index (χ0n) is 16.5. The molecular formula is C23H23N5O. The average molecular weight is 385 g/mol. The van der Waals surface area contributed by atoms with Crippen LogP contribution in [0.25, 0.3) is 5.82 Å². The summed E-state index contributed by atoms with van der Waals surface area (Å²) in [5.41, 5.74) is 3.64. The summed E-state index contributed by atoms with van der Waals surface area (Å²) in [6.45, 7) is 4.54. The molecule has 1 unspecified atom stereocenters. The van der Waals surface area contributed by atoms with E-state index in [2.05, 4.69) is 46.8 Å². The zero-order valence-corrected chi connectivity index (χ0v) is 16.5. The summed E-state index contributed by atoms with van der Waals surface area (Å²) in [5, 5.41) is 11.5. The highest BCUT2D eigenvalue weighted by Crippen LogP contribution is 2.17. The molecule has 0 bridgehead atoms. The van der Waals surface area contributed by atoms with Crippen molar-refractivity contribution < 1.29 is 4.79 Å². The molecule has 4 aromatic rings. The molecule has 146 valence electrons. The molecule has 6 heteroatoms. The summed E-state index contributed by atoms with van der Waals surface area (Å²) in [5.74, 6) is 0.397. The lowest BCUT2D eigenvalue weighted by Crippen LogP contribution is -2.28. The van der Waals surface area contributed by atoms with E-state index in [-0.39, 0.29) is 11.9 Å². The van der Waals surface area contributed by atoms with Crippen molar-refractivity contribution in [1.82, 2.24) is 24.9 Å². The van der Waals surface area contributed by atoms with Crippen LogP contribution in [0.3, 0.4) is 0 Å². The van der Waals surface area contributed by atoms with E-state index in [0.29, 0.717) is 18.1 Å². The third-order valence-electron chi connectivity index (χ3n) is 4.87. The zero-order chi connectivity index (χ0) is 20.2. The van der Waals surface area contributed by atoms with Crippen LogP contribution in [0.1, 0.15) is 40.1 Å². The van der Waals surface area contributed by atoms with Gasteiger partial charge in [0.1, 0.15) is 0 Å². The van der Waals surface area contributed by atoms with E-state index >= 15 is 0 Å². The van der Waals surface area contributed by atoms with Crippen LogP contribution >= 0.6 is 0 Å². The highest BCUT2D eigenvalue weighted by molar-refractivity contribution is 5.95. The number of rotatable bonds is 6. The number of amides is 1. The summed E-state index contributed by atoms with van der Waals surface area (Å²) < 4.78 is 3.63. The SMILES string of the molecule is Cc1ccc(Cn2nnc(C(=O)NC(C)c3ccccc3)c2-n2cccc2)cc1. The van der Waals surface area contributed by atoms with Gasteiger partial charge in [-0.3, -0.25) is 4.79 Å². The van der Waals surface area contributed by atoms with Crippen LogP contribution in [0.15, 0.2) is 79.1 Å². The van der Waals surface area contributed by atoms with Crippen LogP contribution < -0.4 is 5.32 Å². The first-order chi connectivity index (χ1) is 14.1. The van der Waals surface area contributed by atoms with Crippen molar-refractivity contribution >= 4 is 5.91 Å². The molecule has 4 rings (SSSR count). The lowest BCUT2D eigenvalue weighted by molar-refractivity contribution is 0.0934. The topological polar surface area (TPSA) is 64.7 Å². The molecule has 0 radical (unpaired) electrons. The molecule has 6 nitrogen and oxygen atoms in total. The Morgan fingerprint density at radius 1 is 1.00 bits per heavy atom. The van der Waals surface area contributed by atoms with Crippen LogP contribution in [0.4, 0.5) is 0 Å². The second-order valence-electron chi connectivity index (χ2n) is 7.10.